The highest BCUT2D eigenvalue weighted by Crippen LogP contribution is 2.37. The van der Waals surface area contributed by atoms with Gasteiger partial charge in [-0.1, -0.05) is 29.3 Å². The predicted molar refractivity (Wildman–Crippen MR) is 79.1 cm³/mol. The van der Waals surface area contributed by atoms with E-state index in [-0.39, 0.29) is 22.0 Å². The third-order valence-electron chi connectivity index (χ3n) is 2.66. The van der Waals surface area contributed by atoms with Crippen molar-refractivity contribution in [2.24, 2.45) is 0 Å². The number of carbonyl (C=O) groups is 1. The van der Waals surface area contributed by atoms with Crippen LogP contribution in [-0.4, -0.2) is 11.1 Å². The largest absolute Gasteiger partial charge is 0.478 e. The average Bonchev–Trinajstić information content (AvgIpc) is 2.36. The van der Waals surface area contributed by atoms with Gasteiger partial charge < -0.3 is 15.6 Å². The lowest BCUT2D eigenvalue weighted by atomic mass is 10.1. The molecule has 0 heterocycles. The maximum atomic E-state index is 11.2. The van der Waals surface area contributed by atoms with Crippen LogP contribution in [0.15, 0.2) is 30.3 Å². The summed E-state index contributed by atoms with van der Waals surface area (Å²) in [6.45, 7) is 1.82. The summed E-state index contributed by atoms with van der Waals surface area (Å²) < 4.78 is 5.62. The van der Waals surface area contributed by atoms with E-state index >= 15 is 0 Å². The number of nitrogen functional groups attached to an aromatic ring is 1. The number of halogens is 2. The first-order valence-corrected chi connectivity index (χ1v) is 6.40. The number of aryl methyl sites for hydroxylation is 1. The smallest absolute Gasteiger partial charge is 0.339 e. The average molecular weight is 312 g/mol. The number of hydrogen-bond acceptors (Lipinski definition) is 3. The molecule has 0 spiro atoms. The summed E-state index contributed by atoms with van der Waals surface area (Å²) in [5.41, 5.74) is 6.54. The molecule has 0 atom stereocenters. The van der Waals surface area contributed by atoms with E-state index in [2.05, 4.69) is 0 Å². The number of ether oxygens (including phenoxy) is 1. The quantitative estimate of drug-likeness (QED) is 0.825. The fourth-order valence-corrected chi connectivity index (χ4v) is 2.10. The van der Waals surface area contributed by atoms with Gasteiger partial charge in [-0.3, -0.25) is 0 Å². The molecule has 0 fully saturated rings. The molecule has 2 rings (SSSR count). The number of carboxylic acid groups (broad SMARTS) is 1. The predicted octanol–water partition coefficient (Wildman–Crippen LogP) is 4.37. The molecule has 20 heavy (non-hydrogen) atoms. The first kappa shape index (κ1) is 14.5. The van der Waals surface area contributed by atoms with E-state index in [4.69, 9.17) is 33.7 Å². The molecule has 0 aliphatic heterocycles. The molecule has 0 saturated heterocycles. The molecule has 0 aromatic heterocycles. The number of hydrogen-bond donors (Lipinski definition) is 2. The maximum absolute atomic E-state index is 11.2. The van der Waals surface area contributed by atoms with E-state index < -0.39 is 5.97 Å². The summed E-state index contributed by atoms with van der Waals surface area (Å²) in [5.74, 6) is -0.695. The van der Waals surface area contributed by atoms with Gasteiger partial charge in [0.2, 0.25) is 0 Å². The van der Waals surface area contributed by atoms with Crippen LogP contribution in [0.5, 0.6) is 11.5 Å². The van der Waals surface area contributed by atoms with Gasteiger partial charge in [0.15, 0.2) is 5.75 Å². The third-order valence-corrected chi connectivity index (χ3v) is 3.17. The third kappa shape index (κ3) is 2.98. The van der Waals surface area contributed by atoms with Gasteiger partial charge in [-0.05, 0) is 36.8 Å². The molecule has 0 aliphatic rings. The van der Waals surface area contributed by atoms with Crippen molar-refractivity contribution in [1.29, 1.82) is 0 Å². The molecular formula is C14H11Cl2NO3. The molecule has 0 unspecified atom stereocenters. The van der Waals surface area contributed by atoms with Crippen LogP contribution in [0, 0.1) is 6.92 Å². The Morgan fingerprint density at radius 1 is 1.25 bits per heavy atom. The molecule has 0 amide bonds. The Hall–Kier alpha value is -1.91. The number of carboxylic acids is 1. The molecule has 2 aromatic rings. The van der Waals surface area contributed by atoms with Crippen molar-refractivity contribution >= 4 is 34.9 Å². The molecule has 2 aromatic carbocycles. The molecule has 0 saturated carbocycles. The number of anilines is 1. The second-order valence-electron chi connectivity index (χ2n) is 4.20. The van der Waals surface area contributed by atoms with Crippen molar-refractivity contribution in [2.45, 2.75) is 6.92 Å². The minimum Gasteiger partial charge on any atom is -0.478 e. The van der Waals surface area contributed by atoms with Crippen LogP contribution in [0.25, 0.3) is 0 Å². The van der Waals surface area contributed by atoms with E-state index in [1.807, 2.05) is 6.92 Å². The van der Waals surface area contributed by atoms with Crippen molar-refractivity contribution < 1.29 is 14.6 Å². The van der Waals surface area contributed by atoms with Crippen LogP contribution >= 0.6 is 23.2 Å². The van der Waals surface area contributed by atoms with Crippen molar-refractivity contribution in [3.8, 4) is 11.5 Å². The van der Waals surface area contributed by atoms with Gasteiger partial charge in [0.05, 0.1) is 5.02 Å². The molecule has 104 valence electrons. The minimum absolute atomic E-state index is 0.0405. The van der Waals surface area contributed by atoms with E-state index in [1.54, 1.807) is 18.2 Å². The number of aromatic carboxylic acids is 1. The SMILES string of the molecule is Cc1ccc(Cl)cc1Oc1c(Cl)cc(N)cc1C(=O)O. The van der Waals surface area contributed by atoms with Crippen LogP contribution in [0.2, 0.25) is 10.0 Å². The number of benzene rings is 2. The van der Waals surface area contributed by atoms with Crippen LogP contribution in [0.1, 0.15) is 15.9 Å². The van der Waals surface area contributed by atoms with Crippen LogP contribution < -0.4 is 10.5 Å². The molecule has 0 aliphatic carbocycles. The fraction of sp³-hybridized carbons (Fsp3) is 0.0714. The monoisotopic (exact) mass is 311 g/mol. The second kappa shape index (κ2) is 5.61. The Morgan fingerprint density at radius 2 is 1.95 bits per heavy atom. The van der Waals surface area contributed by atoms with E-state index in [0.717, 1.165) is 5.56 Å². The lowest BCUT2D eigenvalue weighted by molar-refractivity contribution is 0.0694. The Kier molecular flexibility index (Phi) is 4.06. The zero-order chi connectivity index (χ0) is 14.9. The fourth-order valence-electron chi connectivity index (χ4n) is 1.67. The van der Waals surface area contributed by atoms with Gasteiger partial charge in [0.25, 0.3) is 0 Å². The number of rotatable bonds is 3. The van der Waals surface area contributed by atoms with Gasteiger partial charge in [-0.2, -0.15) is 0 Å². The van der Waals surface area contributed by atoms with Gasteiger partial charge >= 0.3 is 5.97 Å². The molecule has 0 radical (unpaired) electrons. The minimum atomic E-state index is -1.17. The zero-order valence-electron chi connectivity index (χ0n) is 10.5. The first-order chi connectivity index (χ1) is 9.38. The van der Waals surface area contributed by atoms with Gasteiger partial charge in [-0.25, -0.2) is 4.79 Å². The summed E-state index contributed by atoms with van der Waals surface area (Å²) in [5, 5.41) is 9.80. The normalized spacial score (nSPS) is 10.3. The summed E-state index contributed by atoms with van der Waals surface area (Å²) >= 11 is 11.9. The topological polar surface area (TPSA) is 72.5 Å². The highest BCUT2D eigenvalue weighted by atomic mass is 35.5. The standard InChI is InChI=1S/C14H11Cl2NO3/c1-7-2-3-8(15)4-12(7)20-13-10(14(18)19)5-9(17)6-11(13)16/h2-6H,17H2,1H3,(H,18,19). The van der Waals surface area contributed by atoms with Crippen LogP contribution in [-0.2, 0) is 0 Å². The van der Waals surface area contributed by atoms with Crippen molar-refractivity contribution in [2.75, 3.05) is 5.73 Å². The Morgan fingerprint density at radius 3 is 2.60 bits per heavy atom. The lowest BCUT2D eigenvalue weighted by Gasteiger charge is -2.13. The molecule has 0 bridgehead atoms. The van der Waals surface area contributed by atoms with E-state index in [0.29, 0.717) is 10.8 Å². The van der Waals surface area contributed by atoms with Gasteiger partial charge in [0.1, 0.15) is 11.3 Å². The van der Waals surface area contributed by atoms with Gasteiger partial charge in [-0.15, -0.1) is 0 Å². The summed E-state index contributed by atoms with van der Waals surface area (Å²) in [7, 11) is 0. The Labute approximate surface area is 125 Å². The van der Waals surface area contributed by atoms with Crippen molar-refractivity contribution in [1.82, 2.24) is 0 Å². The van der Waals surface area contributed by atoms with Gasteiger partial charge in [0, 0.05) is 10.7 Å². The summed E-state index contributed by atoms with van der Waals surface area (Å²) in [4.78, 5) is 11.2. The highest BCUT2D eigenvalue weighted by molar-refractivity contribution is 6.33. The molecule has 6 heteroatoms. The highest BCUT2D eigenvalue weighted by Gasteiger charge is 2.18. The van der Waals surface area contributed by atoms with Crippen LogP contribution in [0.3, 0.4) is 0 Å². The number of nitrogens with two attached hydrogens (primary N) is 1. The van der Waals surface area contributed by atoms with Crippen molar-refractivity contribution in [3.05, 3.63) is 51.5 Å². The summed E-state index contributed by atoms with van der Waals surface area (Å²) in [6.07, 6.45) is 0. The summed E-state index contributed by atoms with van der Waals surface area (Å²) in [6, 6.07) is 7.80. The van der Waals surface area contributed by atoms with Crippen LogP contribution in [0.4, 0.5) is 5.69 Å². The Balaban J connectivity index is 2.53. The van der Waals surface area contributed by atoms with E-state index in [1.165, 1.54) is 12.1 Å². The maximum Gasteiger partial charge on any atom is 0.339 e. The molecule has 3 N–H and O–H groups in total. The Bertz CT molecular complexity index is 686. The zero-order valence-corrected chi connectivity index (χ0v) is 12.0. The molecular weight excluding hydrogens is 301 g/mol. The van der Waals surface area contributed by atoms with E-state index in [9.17, 15) is 9.90 Å². The first-order valence-electron chi connectivity index (χ1n) is 5.65. The lowest BCUT2D eigenvalue weighted by Crippen LogP contribution is -2.03. The van der Waals surface area contributed by atoms with Crippen molar-refractivity contribution in [3.63, 3.8) is 0 Å². The molecule has 4 nitrogen and oxygen atoms in total. The second-order valence-corrected chi connectivity index (χ2v) is 5.04.